The van der Waals surface area contributed by atoms with E-state index in [2.05, 4.69) is 0 Å². The van der Waals surface area contributed by atoms with E-state index in [1.54, 1.807) is 0 Å². The average molecular weight is 306 g/mol. The molecule has 9 nitrogen and oxygen atoms in total. The molecule has 1 aliphatic carbocycles. The summed E-state index contributed by atoms with van der Waals surface area (Å²) in [6.45, 7) is 1.47. The fourth-order valence-corrected chi connectivity index (χ4v) is 1.46. The van der Waals surface area contributed by atoms with Crippen molar-refractivity contribution in [2.75, 3.05) is 0 Å². The number of carbonyl (C=O) groups excluding carboxylic acids is 2. The zero-order valence-corrected chi connectivity index (χ0v) is 11.3. The minimum atomic E-state index is -0.911. The Hall–Kier alpha value is -3.36. The summed E-state index contributed by atoms with van der Waals surface area (Å²) in [6, 6.07) is 2.14. The molecule has 1 N–H and O–H groups in total. The van der Waals surface area contributed by atoms with Crippen molar-refractivity contribution in [2.45, 2.75) is 6.92 Å². The first-order valence-electron chi connectivity index (χ1n) is 5.79. The normalized spacial score (nSPS) is 12.6. The largest absolute Gasteiger partial charge is 0.497 e. The number of ketones is 2. The van der Waals surface area contributed by atoms with Gasteiger partial charge in [-0.05, 0) is 36.8 Å². The molecule has 114 valence electrons. The molecule has 9 heteroatoms. The number of allylic oxidation sites excluding steroid dienone is 4. The van der Waals surface area contributed by atoms with Crippen LogP contribution in [0.25, 0.3) is 0 Å². The van der Waals surface area contributed by atoms with Gasteiger partial charge in [-0.2, -0.15) is 0 Å². The molecule has 0 atom stereocenters. The van der Waals surface area contributed by atoms with Crippen LogP contribution in [-0.2, 0) is 9.59 Å². The Bertz CT molecular complexity index is 646. The highest BCUT2D eigenvalue weighted by atomic mass is 16.6. The van der Waals surface area contributed by atoms with E-state index < -0.39 is 27.0 Å². The highest BCUT2D eigenvalue weighted by Gasteiger charge is 2.24. The lowest BCUT2D eigenvalue weighted by Gasteiger charge is -1.98. The molecule has 0 bridgehead atoms. The van der Waals surface area contributed by atoms with Crippen LogP contribution in [0.5, 0.6) is 5.75 Å². The monoisotopic (exact) mass is 306 g/mol. The summed E-state index contributed by atoms with van der Waals surface area (Å²) in [5.41, 5.74) is -0.963. The number of nitro benzene ring substituents is 2. The van der Waals surface area contributed by atoms with Crippen LogP contribution in [0.4, 0.5) is 11.4 Å². The van der Waals surface area contributed by atoms with E-state index in [4.69, 9.17) is 0 Å². The zero-order valence-electron chi connectivity index (χ0n) is 11.3. The van der Waals surface area contributed by atoms with Gasteiger partial charge in [-0.3, -0.25) is 29.8 Å². The topological polar surface area (TPSA) is 141 Å². The molecule has 1 aromatic carbocycles. The number of hydrogen-bond acceptors (Lipinski definition) is 7. The van der Waals surface area contributed by atoms with Crippen molar-refractivity contribution >= 4 is 22.9 Å². The predicted molar refractivity (Wildman–Crippen MR) is 74.4 cm³/mol. The number of aromatic hydroxyl groups is 1. The van der Waals surface area contributed by atoms with Crippen molar-refractivity contribution in [1.82, 2.24) is 0 Å². The maximum atomic E-state index is 10.4. The Morgan fingerprint density at radius 2 is 1.18 bits per heavy atom. The van der Waals surface area contributed by atoms with Gasteiger partial charge in [0, 0.05) is 12.1 Å². The number of phenolic OH excluding ortho intramolecular Hbond substituents is 1. The van der Waals surface area contributed by atoms with Gasteiger partial charge in [0.2, 0.25) is 0 Å². The molecule has 1 aliphatic rings. The first-order chi connectivity index (χ1) is 10.2. The summed E-state index contributed by atoms with van der Waals surface area (Å²) in [5.74, 6) is -1.15. The molecule has 0 amide bonds. The van der Waals surface area contributed by atoms with Crippen molar-refractivity contribution in [3.05, 3.63) is 62.2 Å². The van der Waals surface area contributed by atoms with E-state index in [0.717, 1.165) is 12.1 Å². The average Bonchev–Trinajstić information content (AvgIpc) is 2.44. The van der Waals surface area contributed by atoms with Gasteiger partial charge in [0.25, 0.3) is 5.75 Å². The van der Waals surface area contributed by atoms with Crippen LogP contribution in [0.15, 0.2) is 36.4 Å². The predicted octanol–water partition coefficient (Wildman–Crippen LogP) is 1.77. The number of rotatable bonds is 2. The summed E-state index contributed by atoms with van der Waals surface area (Å²) < 4.78 is 0. The van der Waals surface area contributed by atoms with Crippen molar-refractivity contribution in [1.29, 1.82) is 0 Å². The van der Waals surface area contributed by atoms with Gasteiger partial charge in [0.05, 0.1) is 9.85 Å². The lowest BCUT2D eigenvalue weighted by atomic mass is 10.2. The van der Waals surface area contributed by atoms with Gasteiger partial charge in [0.15, 0.2) is 11.6 Å². The summed E-state index contributed by atoms with van der Waals surface area (Å²) in [6.07, 6.45) is 5.01. The highest BCUT2D eigenvalue weighted by Crippen LogP contribution is 2.36. The van der Waals surface area contributed by atoms with Gasteiger partial charge in [-0.15, -0.1) is 0 Å². The van der Waals surface area contributed by atoms with Gasteiger partial charge in [-0.1, -0.05) is 0 Å². The number of hydrogen-bond donors (Lipinski definition) is 1. The van der Waals surface area contributed by atoms with Gasteiger partial charge in [-0.25, -0.2) is 0 Å². The van der Waals surface area contributed by atoms with Crippen molar-refractivity contribution < 1.29 is 24.5 Å². The molecule has 0 saturated heterocycles. The zero-order chi connectivity index (χ0) is 16.9. The summed E-state index contributed by atoms with van der Waals surface area (Å²) in [4.78, 5) is 39.6. The number of benzene rings is 1. The maximum absolute atomic E-state index is 10.4. The van der Waals surface area contributed by atoms with Crippen LogP contribution in [-0.4, -0.2) is 26.5 Å². The molecular formula is C13H10N2O7. The van der Waals surface area contributed by atoms with Crippen LogP contribution in [0.2, 0.25) is 0 Å². The number of aryl methyl sites for hydroxylation is 1. The number of phenols is 1. The highest BCUT2D eigenvalue weighted by molar-refractivity contribution is 6.14. The van der Waals surface area contributed by atoms with Crippen molar-refractivity contribution in [3.63, 3.8) is 0 Å². The Morgan fingerprint density at radius 1 is 0.864 bits per heavy atom. The molecule has 0 aliphatic heterocycles. The second-order valence-electron chi connectivity index (χ2n) is 4.14. The molecular weight excluding hydrogens is 296 g/mol. The Kier molecular flexibility index (Phi) is 5.22. The molecule has 1 aromatic rings. The molecule has 0 spiro atoms. The minimum absolute atomic E-state index is 0.121. The van der Waals surface area contributed by atoms with Crippen molar-refractivity contribution in [3.8, 4) is 5.75 Å². The number of nitrogens with zero attached hydrogens (tertiary/aromatic N) is 2. The molecule has 2 rings (SSSR count). The van der Waals surface area contributed by atoms with Gasteiger partial charge >= 0.3 is 11.4 Å². The molecule has 0 unspecified atom stereocenters. The van der Waals surface area contributed by atoms with Crippen LogP contribution in [0.1, 0.15) is 5.56 Å². The van der Waals surface area contributed by atoms with Gasteiger partial charge < -0.3 is 5.11 Å². The van der Waals surface area contributed by atoms with Crippen LogP contribution < -0.4 is 0 Å². The van der Waals surface area contributed by atoms with Crippen molar-refractivity contribution in [2.24, 2.45) is 0 Å². The fraction of sp³-hybridized carbons (Fsp3) is 0.0769. The van der Waals surface area contributed by atoms with E-state index in [1.165, 1.54) is 31.2 Å². The molecule has 0 saturated carbocycles. The molecule has 22 heavy (non-hydrogen) atoms. The lowest BCUT2D eigenvalue weighted by Crippen LogP contribution is -1.97. The van der Waals surface area contributed by atoms with Gasteiger partial charge in [0.1, 0.15) is 0 Å². The first kappa shape index (κ1) is 16.7. The SMILES string of the molecule is Cc1cc([N+](=O)[O-])c(O)c([N+](=O)[O-])c1.O=C1C=CC(=O)C=C1. The molecule has 0 radical (unpaired) electrons. The number of nitro groups is 2. The van der Waals surface area contributed by atoms with E-state index in [-0.39, 0.29) is 11.6 Å². The molecule has 0 fully saturated rings. The molecule has 0 heterocycles. The van der Waals surface area contributed by atoms with Crippen LogP contribution in [0.3, 0.4) is 0 Å². The number of carbonyl (C=O) groups is 2. The Labute approximate surface area is 123 Å². The van der Waals surface area contributed by atoms with Crippen LogP contribution >= 0.6 is 0 Å². The second kappa shape index (κ2) is 6.88. The molecule has 0 aromatic heterocycles. The third kappa shape index (κ3) is 4.34. The Balaban J connectivity index is 0.000000255. The van der Waals surface area contributed by atoms with E-state index in [0.29, 0.717) is 5.56 Å². The quantitative estimate of drug-likeness (QED) is 0.498. The summed E-state index contributed by atoms with van der Waals surface area (Å²) in [7, 11) is 0. The Morgan fingerprint density at radius 3 is 1.45 bits per heavy atom. The minimum Gasteiger partial charge on any atom is -0.497 e. The fourth-order valence-electron chi connectivity index (χ4n) is 1.46. The smallest absolute Gasteiger partial charge is 0.318 e. The third-order valence-corrected chi connectivity index (χ3v) is 2.43. The first-order valence-corrected chi connectivity index (χ1v) is 5.79. The van der Waals surface area contributed by atoms with E-state index in [1.807, 2.05) is 0 Å². The summed E-state index contributed by atoms with van der Waals surface area (Å²) in [5, 5.41) is 29.9. The van der Waals surface area contributed by atoms with E-state index >= 15 is 0 Å². The second-order valence-corrected chi connectivity index (χ2v) is 4.14. The summed E-state index contributed by atoms with van der Waals surface area (Å²) >= 11 is 0. The standard InChI is InChI=1S/C7H6N2O5.C6H4O2/c1-4-2-5(8(11)12)7(10)6(3-4)9(13)14;7-5-1-2-6(8)4-3-5/h2-3,10H,1H3;1-4H. The third-order valence-electron chi connectivity index (χ3n) is 2.43. The van der Waals surface area contributed by atoms with E-state index in [9.17, 15) is 34.9 Å². The van der Waals surface area contributed by atoms with Crippen LogP contribution in [0, 0.1) is 27.2 Å². The lowest BCUT2D eigenvalue weighted by molar-refractivity contribution is -0.396. The maximum Gasteiger partial charge on any atom is 0.318 e.